The quantitative estimate of drug-likeness (QED) is 0.494. The summed E-state index contributed by atoms with van der Waals surface area (Å²) in [5.74, 6) is -0.372. The molecule has 0 aliphatic rings. The van der Waals surface area contributed by atoms with Gasteiger partial charge in [0.2, 0.25) is 0 Å². The molecule has 0 aliphatic heterocycles. The molecular formula is C22H19FN4O2S. The van der Waals surface area contributed by atoms with Crippen molar-refractivity contribution < 1.29 is 14.0 Å². The molecule has 2 aromatic heterocycles. The standard InChI is InChI=1S/C22H19FN4O2S/c1-13-10-19(26-21(28)14-6-5-7-15(23)11-14)30-20(13)22(29)27(2)12-18-24-16-8-3-4-9-17(16)25-18/h3-11H,12H2,1-2H3,(H,24,25)(H,26,28). The van der Waals surface area contributed by atoms with E-state index in [0.29, 0.717) is 22.2 Å². The fourth-order valence-electron chi connectivity index (χ4n) is 3.12. The highest BCUT2D eigenvalue weighted by molar-refractivity contribution is 7.18. The third-order valence-corrected chi connectivity index (χ3v) is 5.75. The van der Waals surface area contributed by atoms with Crippen LogP contribution in [0.4, 0.5) is 9.39 Å². The maximum atomic E-state index is 13.3. The number of hydrogen-bond acceptors (Lipinski definition) is 4. The van der Waals surface area contributed by atoms with Crippen molar-refractivity contribution in [3.63, 3.8) is 0 Å². The van der Waals surface area contributed by atoms with Crippen LogP contribution >= 0.6 is 11.3 Å². The number of imidazole rings is 1. The lowest BCUT2D eigenvalue weighted by Crippen LogP contribution is -2.26. The molecule has 2 aromatic carbocycles. The molecule has 0 saturated heterocycles. The molecular weight excluding hydrogens is 403 g/mol. The Hall–Kier alpha value is -3.52. The summed E-state index contributed by atoms with van der Waals surface area (Å²) in [6, 6.07) is 14.9. The highest BCUT2D eigenvalue weighted by atomic mass is 32.1. The second kappa shape index (κ2) is 8.08. The molecule has 0 atom stereocenters. The molecule has 2 N–H and O–H groups in total. The van der Waals surface area contributed by atoms with Crippen molar-refractivity contribution in [2.75, 3.05) is 12.4 Å². The molecule has 0 radical (unpaired) electrons. The molecule has 8 heteroatoms. The van der Waals surface area contributed by atoms with Gasteiger partial charge in [0.25, 0.3) is 11.8 Å². The number of fused-ring (bicyclic) bond motifs is 1. The van der Waals surface area contributed by atoms with Crippen molar-refractivity contribution in [3.8, 4) is 0 Å². The summed E-state index contributed by atoms with van der Waals surface area (Å²) in [7, 11) is 1.71. The summed E-state index contributed by atoms with van der Waals surface area (Å²) in [5, 5.41) is 3.26. The Kier molecular flexibility index (Phi) is 5.33. The first-order valence-electron chi connectivity index (χ1n) is 9.27. The van der Waals surface area contributed by atoms with Gasteiger partial charge in [-0.2, -0.15) is 0 Å². The fourth-order valence-corrected chi connectivity index (χ4v) is 4.18. The molecule has 152 valence electrons. The SMILES string of the molecule is Cc1cc(NC(=O)c2cccc(F)c2)sc1C(=O)N(C)Cc1nc2ccccc2[nH]1. The molecule has 0 aliphatic carbocycles. The van der Waals surface area contributed by atoms with Gasteiger partial charge < -0.3 is 15.2 Å². The van der Waals surface area contributed by atoms with Crippen molar-refractivity contribution in [3.05, 3.63) is 82.2 Å². The van der Waals surface area contributed by atoms with Gasteiger partial charge in [0.05, 0.1) is 27.5 Å². The van der Waals surface area contributed by atoms with Crippen LogP contribution in [0.15, 0.2) is 54.6 Å². The number of carbonyl (C=O) groups excluding carboxylic acids is 2. The maximum Gasteiger partial charge on any atom is 0.264 e. The molecule has 4 aromatic rings. The number of aromatic nitrogens is 2. The van der Waals surface area contributed by atoms with Crippen LogP contribution in [0.3, 0.4) is 0 Å². The molecule has 0 unspecified atom stereocenters. The molecule has 2 heterocycles. The van der Waals surface area contributed by atoms with E-state index in [1.54, 1.807) is 18.0 Å². The van der Waals surface area contributed by atoms with Crippen LogP contribution < -0.4 is 5.32 Å². The molecule has 2 amide bonds. The third-order valence-electron chi connectivity index (χ3n) is 4.61. The van der Waals surface area contributed by atoms with Crippen LogP contribution in [0.1, 0.15) is 31.4 Å². The number of halogens is 1. The zero-order valence-electron chi connectivity index (χ0n) is 16.4. The molecule has 30 heavy (non-hydrogen) atoms. The summed E-state index contributed by atoms with van der Waals surface area (Å²) in [6.45, 7) is 2.15. The summed E-state index contributed by atoms with van der Waals surface area (Å²) in [4.78, 5) is 35.1. The van der Waals surface area contributed by atoms with E-state index in [0.717, 1.165) is 16.6 Å². The van der Waals surface area contributed by atoms with Crippen LogP contribution in [-0.4, -0.2) is 33.7 Å². The van der Waals surface area contributed by atoms with Crippen molar-refractivity contribution >= 4 is 39.2 Å². The number of benzene rings is 2. The largest absolute Gasteiger partial charge is 0.340 e. The number of nitrogens with zero attached hydrogens (tertiary/aromatic N) is 2. The van der Waals surface area contributed by atoms with E-state index in [1.807, 2.05) is 31.2 Å². The van der Waals surface area contributed by atoms with E-state index >= 15 is 0 Å². The number of aromatic amines is 1. The minimum atomic E-state index is -0.479. The fraction of sp³-hybridized carbons (Fsp3) is 0.136. The number of H-pyrrole nitrogens is 1. The van der Waals surface area contributed by atoms with Crippen molar-refractivity contribution in [1.82, 2.24) is 14.9 Å². The van der Waals surface area contributed by atoms with Gasteiger partial charge in [-0.15, -0.1) is 11.3 Å². The zero-order valence-corrected chi connectivity index (χ0v) is 17.2. The predicted molar refractivity (Wildman–Crippen MR) is 115 cm³/mol. The summed E-state index contributed by atoms with van der Waals surface area (Å²) < 4.78 is 13.3. The summed E-state index contributed by atoms with van der Waals surface area (Å²) >= 11 is 1.19. The predicted octanol–water partition coefficient (Wildman–Crippen LogP) is 4.60. The van der Waals surface area contributed by atoms with E-state index in [-0.39, 0.29) is 11.5 Å². The molecule has 0 fully saturated rings. The highest BCUT2D eigenvalue weighted by Crippen LogP contribution is 2.28. The van der Waals surface area contributed by atoms with Crippen molar-refractivity contribution in [2.45, 2.75) is 13.5 Å². The first-order valence-corrected chi connectivity index (χ1v) is 10.1. The number of anilines is 1. The Morgan fingerprint density at radius 3 is 2.73 bits per heavy atom. The Balaban J connectivity index is 1.47. The third kappa shape index (κ3) is 4.08. The van der Waals surface area contributed by atoms with Crippen LogP contribution in [0, 0.1) is 12.7 Å². The van der Waals surface area contributed by atoms with Crippen molar-refractivity contribution in [2.24, 2.45) is 0 Å². The Labute approximate surface area is 176 Å². The maximum absolute atomic E-state index is 13.3. The van der Waals surface area contributed by atoms with Gasteiger partial charge in [-0.05, 0) is 48.9 Å². The lowest BCUT2D eigenvalue weighted by molar-refractivity contribution is 0.0786. The number of nitrogens with one attached hydrogen (secondary N) is 2. The second-order valence-corrected chi connectivity index (χ2v) is 8.00. The Morgan fingerprint density at radius 1 is 1.17 bits per heavy atom. The lowest BCUT2D eigenvalue weighted by Gasteiger charge is -2.15. The van der Waals surface area contributed by atoms with E-state index in [2.05, 4.69) is 15.3 Å². The molecule has 0 bridgehead atoms. The van der Waals surface area contributed by atoms with Crippen LogP contribution in [-0.2, 0) is 6.54 Å². The number of carbonyl (C=O) groups is 2. The number of rotatable bonds is 5. The van der Waals surface area contributed by atoms with Gasteiger partial charge in [-0.3, -0.25) is 9.59 Å². The zero-order chi connectivity index (χ0) is 21.3. The lowest BCUT2D eigenvalue weighted by atomic mass is 10.2. The topological polar surface area (TPSA) is 78.1 Å². The van der Waals surface area contributed by atoms with Gasteiger partial charge in [0.1, 0.15) is 11.6 Å². The summed E-state index contributed by atoms with van der Waals surface area (Å²) in [5.41, 5.74) is 2.75. The number of para-hydroxylation sites is 2. The molecule has 0 spiro atoms. The van der Waals surface area contributed by atoms with Gasteiger partial charge in [-0.1, -0.05) is 18.2 Å². The van der Waals surface area contributed by atoms with Gasteiger partial charge in [0, 0.05) is 12.6 Å². The van der Waals surface area contributed by atoms with Gasteiger partial charge >= 0.3 is 0 Å². The first-order chi connectivity index (χ1) is 14.4. The highest BCUT2D eigenvalue weighted by Gasteiger charge is 2.20. The first kappa shape index (κ1) is 19.8. The normalized spacial score (nSPS) is 10.9. The van der Waals surface area contributed by atoms with E-state index in [1.165, 1.54) is 35.6 Å². The molecule has 0 saturated carbocycles. The average molecular weight is 422 g/mol. The number of aryl methyl sites for hydroxylation is 1. The van der Waals surface area contributed by atoms with E-state index in [4.69, 9.17) is 0 Å². The number of thiophene rings is 1. The minimum absolute atomic E-state index is 0.163. The van der Waals surface area contributed by atoms with E-state index < -0.39 is 11.7 Å². The summed E-state index contributed by atoms with van der Waals surface area (Å²) in [6.07, 6.45) is 0. The van der Waals surface area contributed by atoms with E-state index in [9.17, 15) is 14.0 Å². The minimum Gasteiger partial charge on any atom is -0.340 e. The Morgan fingerprint density at radius 2 is 1.97 bits per heavy atom. The number of amides is 2. The number of hydrogen-bond donors (Lipinski definition) is 2. The monoisotopic (exact) mass is 422 g/mol. The second-order valence-electron chi connectivity index (χ2n) is 6.95. The molecule has 6 nitrogen and oxygen atoms in total. The Bertz CT molecular complexity index is 1210. The van der Waals surface area contributed by atoms with Crippen molar-refractivity contribution in [1.29, 1.82) is 0 Å². The van der Waals surface area contributed by atoms with Crippen LogP contribution in [0.5, 0.6) is 0 Å². The molecule has 4 rings (SSSR count). The smallest absolute Gasteiger partial charge is 0.264 e. The van der Waals surface area contributed by atoms with Gasteiger partial charge in [-0.25, -0.2) is 9.37 Å². The van der Waals surface area contributed by atoms with Crippen LogP contribution in [0.2, 0.25) is 0 Å². The average Bonchev–Trinajstić information content (AvgIpc) is 3.29. The van der Waals surface area contributed by atoms with Gasteiger partial charge in [0.15, 0.2) is 0 Å². The van der Waals surface area contributed by atoms with Crippen LogP contribution in [0.25, 0.3) is 11.0 Å².